The molecule has 6 heteroatoms. The molecule has 1 saturated carbocycles. The molecule has 2 aliphatic rings. The second kappa shape index (κ2) is 4.91. The SMILES string of the molecule is CC1(C)CCC(NC(=O)c2cnc3n(c2=O)CCS3)C1. The molecule has 3 rings (SSSR count). The molecule has 1 amide bonds. The highest BCUT2D eigenvalue weighted by Crippen LogP contribution is 2.36. The smallest absolute Gasteiger partial charge is 0.267 e. The summed E-state index contributed by atoms with van der Waals surface area (Å²) in [4.78, 5) is 28.7. The van der Waals surface area contributed by atoms with Gasteiger partial charge < -0.3 is 5.32 Å². The Balaban J connectivity index is 1.77. The van der Waals surface area contributed by atoms with Gasteiger partial charge in [-0.3, -0.25) is 14.2 Å². The van der Waals surface area contributed by atoms with Gasteiger partial charge >= 0.3 is 0 Å². The fraction of sp³-hybridized carbons (Fsp3) is 0.643. The van der Waals surface area contributed by atoms with Crippen molar-refractivity contribution in [1.82, 2.24) is 14.9 Å². The molecule has 0 aromatic carbocycles. The standard InChI is InChI=1S/C14H19N3O2S/c1-14(2)4-3-9(7-14)16-11(18)10-8-15-13-17(12(10)19)5-6-20-13/h8-9H,3-7H2,1-2H3,(H,16,18). The van der Waals surface area contributed by atoms with Gasteiger partial charge in [-0.25, -0.2) is 4.98 Å². The molecule has 1 N–H and O–H groups in total. The first kappa shape index (κ1) is 13.7. The van der Waals surface area contributed by atoms with Crippen molar-refractivity contribution in [1.29, 1.82) is 0 Å². The molecule has 20 heavy (non-hydrogen) atoms. The minimum Gasteiger partial charge on any atom is -0.349 e. The van der Waals surface area contributed by atoms with Crippen molar-refractivity contribution in [3.05, 3.63) is 22.1 Å². The zero-order chi connectivity index (χ0) is 14.3. The summed E-state index contributed by atoms with van der Waals surface area (Å²) in [6, 6.07) is 0.171. The van der Waals surface area contributed by atoms with Crippen molar-refractivity contribution >= 4 is 17.7 Å². The van der Waals surface area contributed by atoms with Crippen molar-refractivity contribution in [3.63, 3.8) is 0 Å². The lowest BCUT2D eigenvalue weighted by molar-refractivity contribution is 0.0933. The fourth-order valence-corrected chi connectivity index (χ4v) is 3.91. The van der Waals surface area contributed by atoms with Crippen LogP contribution >= 0.6 is 11.8 Å². The van der Waals surface area contributed by atoms with Crippen molar-refractivity contribution < 1.29 is 4.79 Å². The van der Waals surface area contributed by atoms with E-state index in [-0.39, 0.29) is 28.5 Å². The Bertz CT molecular complexity index is 609. The summed E-state index contributed by atoms with van der Waals surface area (Å²) in [5.41, 5.74) is 0.232. The van der Waals surface area contributed by atoms with Gasteiger partial charge in [0, 0.05) is 24.5 Å². The Morgan fingerprint density at radius 3 is 3.05 bits per heavy atom. The van der Waals surface area contributed by atoms with E-state index in [9.17, 15) is 9.59 Å². The fourth-order valence-electron chi connectivity index (χ4n) is 3.00. The zero-order valence-corrected chi connectivity index (χ0v) is 12.6. The summed E-state index contributed by atoms with van der Waals surface area (Å²) in [7, 11) is 0. The molecular weight excluding hydrogens is 274 g/mol. The van der Waals surface area contributed by atoms with E-state index >= 15 is 0 Å². The van der Waals surface area contributed by atoms with E-state index in [2.05, 4.69) is 24.1 Å². The minimum atomic E-state index is -0.280. The molecular formula is C14H19N3O2S. The summed E-state index contributed by atoms with van der Waals surface area (Å²) in [6.07, 6.45) is 4.47. The first-order valence-corrected chi connectivity index (χ1v) is 7.98. The number of rotatable bonds is 2. The molecule has 1 aromatic heterocycles. The Kier molecular flexibility index (Phi) is 3.36. The highest BCUT2D eigenvalue weighted by Gasteiger charge is 2.32. The number of amides is 1. The van der Waals surface area contributed by atoms with E-state index in [1.165, 1.54) is 6.20 Å². The summed E-state index contributed by atoms with van der Waals surface area (Å²) < 4.78 is 1.60. The van der Waals surface area contributed by atoms with Crippen LogP contribution in [-0.4, -0.2) is 27.3 Å². The summed E-state index contributed by atoms with van der Waals surface area (Å²) in [5, 5.41) is 3.70. The number of aromatic nitrogens is 2. The van der Waals surface area contributed by atoms with Crippen LogP contribution in [0.3, 0.4) is 0 Å². The molecule has 1 aliphatic heterocycles. The molecule has 0 radical (unpaired) electrons. The van der Waals surface area contributed by atoms with Gasteiger partial charge in [0.2, 0.25) is 0 Å². The Morgan fingerprint density at radius 2 is 2.35 bits per heavy atom. The average molecular weight is 293 g/mol. The molecule has 2 heterocycles. The third-order valence-electron chi connectivity index (χ3n) is 4.11. The molecule has 1 atom stereocenters. The van der Waals surface area contributed by atoms with Crippen LogP contribution < -0.4 is 10.9 Å². The highest BCUT2D eigenvalue weighted by atomic mass is 32.2. The van der Waals surface area contributed by atoms with E-state index in [0.717, 1.165) is 25.0 Å². The number of nitrogens with one attached hydrogen (secondary N) is 1. The van der Waals surface area contributed by atoms with Crippen molar-refractivity contribution in [2.75, 3.05) is 5.75 Å². The quantitative estimate of drug-likeness (QED) is 0.842. The minimum absolute atomic E-state index is 0.168. The summed E-state index contributed by atoms with van der Waals surface area (Å²) in [5.74, 6) is 0.571. The van der Waals surface area contributed by atoms with Crippen LogP contribution in [0, 0.1) is 5.41 Å². The van der Waals surface area contributed by atoms with Gasteiger partial charge in [0.25, 0.3) is 11.5 Å². The average Bonchev–Trinajstić information content (AvgIpc) is 2.96. The third kappa shape index (κ3) is 2.49. The zero-order valence-electron chi connectivity index (χ0n) is 11.8. The number of thioether (sulfide) groups is 1. The van der Waals surface area contributed by atoms with Crippen molar-refractivity contribution in [2.45, 2.75) is 50.9 Å². The lowest BCUT2D eigenvalue weighted by atomic mass is 9.92. The Hall–Kier alpha value is -1.30. The van der Waals surface area contributed by atoms with Crippen LogP contribution in [0.5, 0.6) is 0 Å². The normalized spacial score (nSPS) is 23.6. The molecule has 0 saturated heterocycles. The lowest BCUT2D eigenvalue weighted by Gasteiger charge is -2.17. The largest absolute Gasteiger partial charge is 0.349 e. The van der Waals surface area contributed by atoms with Crippen molar-refractivity contribution in [3.8, 4) is 0 Å². The number of fused-ring (bicyclic) bond motifs is 1. The number of carbonyl (C=O) groups is 1. The van der Waals surface area contributed by atoms with Crippen LogP contribution in [0.4, 0.5) is 0 Å². The lowest BCUT2D eigenvalue weighted by Crippen LogP contribution is -2.38. The molecule has 1 fully saturated rings. The van der Waals surface area contributed by atoms with Crippen LogP contribution in [-0.2, 0) is 6.54 Å². The van der Waals surface area contributed by atoms with Crippen LogP contribution in [0.15, 0.2) is 16.1 Å². The predicted octanol–water partition coefficient (Wildman–Crippen LogP) is 1.66. The van der Waals surface area contributed by atoms with Gasteiger partial charge in [-0.1, -0.05) is 25.6 Å². The van der Waals surface area contributed by atoms with E-state index in [1.807, 2.05) is 0 Å². The molecule has 108 valence electrons. The molecule has 0 bridgehead atoms. The number of carbonyl (C=O) groups excluding carboxylic acids is 1. The van der Waals surface area contributed by atoms with Gasteiger partial charge in [0.1, 0.15) is 5.56 Å². The summed E-state index contributed by atoms with van der Waals surface area (Å²) in [6.45, 7) is 5.06. The first-order valence-electron chi connectivity index (χ1n) is 7.00. The van der Waals surface area contributed by atoms with E-state index in [1.54, 1.807) is 16.3 Å². The summed E-state index contributed by atoms with van der Waals surface area (Å²) >= 11 is 1.56. The van der Waals surface area contributed by atoms with Crippen molar-refractivity contribution in [2.24, 2.45) is 5.41 Å². The molecule has 1 aromatic rings. The third-order valence-corrected chi connectivity index (χ3v) is 5.08. The Labute approximate surface area is 122 Å². The molecule has 1 unspecified atom stereocenters. The number of hydrogen-bond donors (Lipinski definition) is 1. The van der Waals surface area contributed by atoms with Gasteiger partial charge in [0.05, 0.1) is 0 Å². The first-order chi connectivity index (χ1) is 9.46. The van der Waals surface area contributed by atoms with Crippen LogP contribution in [0.25, 0.3) is 0 Å². The van der Waals surface area contributed by atoms with Gasteiger partial charge in [-0.2, -0.15) is 0 Å². The molecule has 0 spiro atoms. The maximum absolute atomic E-state index is 12.3. The Morgan fingerprint density at radius 1 is 1.55 bits per heavy atom. The monoisotopic (exact) mass is 293 g/mol. The predicted molar refractivity (Wildman–Crippen MR) is 78.1 cm³/mol. The maximum atomic E-state index is 12.3. The second-order valence-electron chi connectivity index (χ2n) is 6.34. The number of nitrogens with zero attached hydrogens (tertiary/aromatic N) is 2. The molecule has 5 nitrogen and oxygen atoms in total. The topological polar surface area (TPSA) is 64.0 Å². The maximum Gasteiger partial charge on any atom is 0.267 e. The van der Waals surface area contributed by atoms with E-state index < -0.39 is 0 Å². The van der Waals surface area contributed by atoms with Gasteiger partial charge in [-0.05, 0) is 24.7 Å². The van der Waals surface area contributed by atoms with Crippen LogP contribution in [0.1, 0.15) is 43.5 Å². The van der Waals surface area contributed by atoms with Crippen LogP contribution in [0.2, 0.25) is 0 Å². The van der Waals surface area contributed by atoms with E-state index in [4.69, 9.17) is 0 Å². The van der Waals surface area contributed by atoms with Gasteiger partial charge in [-0.15, -0.1) is 0 Å². The van der Waals surface area contributed by atoms with Gasteiger partial charge in [0.15, 0.2) is 5.16 Å². The second-order valence-corrected chi connectivity index (χ2v) is 7.40. The highest BCUT2D eigenvalue weighted by molar-refractivity contribution is 7.99. The number of hydrogen-bond acceptors (Lipinski definition) is 4. The molecule has 1 aliphatic carbocycles. The van der Waals surface area contributed by atoms with E-state index in [0.29, 0.717) is 11.7 Å².